The fourth-order valence-corrected chi connectivity index (χ4v) is 3.06. The molecule has 0 aromatic rings. The highest BCUT2D eigenvalue weighted by Gasteiger charge is 2.39. The predicted molar refractivity (Wildman–Crippen MR) is 64.2 cm³/mol. The van der Waals surface area contributed by atoms with Crippen molar-refractivity contribution in [3.8, 4) is 0 Å². The molecule has 1 aliphatic carbocycles. The molecule has 0 bridgehead atoms. The molecular formula is C14H28. The van der Waals surface area contributed by atoms with Gasteiger partial charge >= 0.3 is 0 Å². The molecule has 1 saturated carbocycles. The van der Waals surface area contributed by atoms with Gasteiger partial charge in [0, 0.05) is 0 Å². The lowest BCUT2D eigenvalue weighted by Gasteiger charge is -2.47. The average molecular weight is 196 g/mol. The Morgan fingerprint density at radius 2 is 1.71 bits per heavy atom. The van der Waals surface area contributed by atoms with Gasteiger partial charge in [-0.05, 0) is 41.9 Å². The van der Waals surface area contributed by atoms with Gasteiger partial charge in [-0.15, -0.1) is 0 Å². The van der Waals surface area contributed by atoms with E-state index in [0.29, 0.717) is 0 Å². The Morgan fingerprint density at radius 3 is 2.07 bits per heavy atom. The molecule has 0 heteroatoms. The average Bonchev–Trinajstić information content (AvgIpc) is 2.21. The van der Waals surface area contributed by atoms with Gasteiger partial charge in [0.15, 0.2) is 0 Å². The van der Waals surface area contributed by atoms with Crippen LogP contribution >= 0.6 is 0 Å². The lowest BCUT2D eigenvalue weighted by molar-refractivity contribution is 0.0208. The summed E-state index contributed by atoms with van der Waals surface area (Å²) < 4.78 is 0. The first-order chi connectivity index (χ1) is 6.49. The van der Waals surface area contributed by atoms with E-state index in [1.807, 2.05) is 0 Å². The molecule has 0 aromatic heterocycles. The third-order valence-corrected chi connectivity index (χ3v) is 5.26. The molecule has 6 unspecified atom stereocenters. The van der Waals surface area contributed by atoms with E-state index in [-0.39, 0.29) is 0 Å². The van der Waals surface area contributed by atoms with Gasteiger partial charge in [-0.1, -0.05) is 48.0 Å². The van der Waals surface area contributed by atoms with Gasteiger partial charge in [-0.25, -0.2) is 0 Å². The minimum Gasteiger partial charge on any atom is -0.0651 e. The topological polar surface area (TPSA) is 0 Å². The lowest BCUT2D eigenvalue weighted by Crippen LogP contribution is -2.40. The Bertz CT molecular complexity index is 167. The van der Waals surface area contributed by atoms with E-state index < -0.39 is 0 Å². The van der Waals surface area contributed by atoms with Crippen LogP contribution in [0.5, 0.6) is 0 Å². The summed E-state index contributed by atoms with van der Waals surface area (Å²) in [6.45, 7) is 14.5. The van der Waals surface area contributed by atoms with Gasteiger partial charge in [0.05, 0.1) is 0 Å². The van der Waals surface area contributed by atoms with Crippen LogP contribution in [0.2, 0.25) is 0 Å². The van der Waals surface area contributed by atoms with Crippen LogP contribution in [0.4, 0.5) is 0 Å². The van der Waals surface area contributed by atoms with Crippen molar-refractivity contribution >= 4 is 0 Å². The van der Waals surface area contributed by atoms with Gasteiger partial charge < -0.3 is 0 Å². The maximum atomic E-state index is 2.48. The number of hydrogen-bond donors (Lipinski definition) is 0. The molecule has 0 N–H and O–H groups in total. The maximum absolute atomic E-state index is 2.48. The van der Waals surface area contributed by atoms with Gasteiger partial charge in [-0.2, -0.15) is 0 Å². The van der Waals surface area contributed by atoms with Crippen LogP contribution in [-0.4, -0.2) is 0 Å². The van der Waals surface area contributed by atoms with Crippen molar-refractivity contribution in [2.45, 2.75) is 54.4 Å². The summed E-state index contributed by atoms with van der Waals surface area (Å²) >= 11 is 0. The summed E-state index contributed by atoms with van der Waals surface area (Å²) in [6.07, 6.45) is 2.81. The van der Waals surface area contributed by atoms with Crippen molar-refractivity contribution in [1.82, 2.24) is 0 Å². The molecule has 1 aliphatic rings. The molecule has 6 atom stereocenters. The smallest absolute Gasteiger partial charge is 0.0355 e. The van der Waals surface area contributed by atoms with Gasteiger partial charge in [-0.3, -0.25) is 0 Å². The standard InChI is InChI=1S/C14H28/c1-7-9(2)11(4)13(6)14-8-10(3)12(14)5/h9-14H,7-8H2,1-6H3. The molecule has 0 aromatic carbocycles. The van der Waals surface area contributed by atoms with Crippen molar-refractivity contribution < 1.29 is 0 Å². The van der Waals surface area contributed by atoms with Crippen LogP contribution in [0.25, 0.3) is 0 Å². The zero-order chi connectivity index (χ0) is 10.9. The lowest BCUT2D eigenvalue weighted by atomic mass is 9.58. The van der Waals surface area contributed by atoms with E-state index in [4.69, 9.17) is 0 Å². The Kier molecular flexibility index (Phi) is 4.04. The zero-order valence-corrected chi connectivity index (χ0v) is 10.9. The molecule has 14 heavy (non-hydrogen) atoms. The first-order valence-electron chi connectivity index (χ1n) is 6.49. The quantitative estimate of drug-likeness (QED) is 0.616. The maximum Gasteiger partial charge on any atom is -0.0355 e. The molecule has 0 spiro atoms. The molecule has 1 rings (SSSR count). The van der Waals surface area contributed by atoms with E-state index in [1.165, 1.54) is 12.8 Å². The Hall–Kier alpha value is 0. The zero-order valence-electron chi connectivity index (χ0n) is 10.9. The number of hydrogen-bond acceptors (Lipinski definition) is 0. The van der Waals surface area contributed by atoms with Crippen molar-refractivity contribution in [3.05, 3.63) is 0 Å². The van der Waals surface area contributed by atoms with E-state index in [1.54, 1.807) is 0 Å². The molecule has 0 aliphatic heterocycles. The van der Waals surface area contributed by atoms with Gasteiger partial charge in [0.1, 0.15) is 0 Å². The summed E-state index contributed by atoms with van der Waals surface area (Å²) in [6, 6.07) is 0. The van der Waals surface area contributed by atoms with Crippen LogP contribution in [-0.2, 0) is 0 Å². The monoisotopic (exact) mass is 196 g/mol. The fourth-order valence-electron chi connectivity index (χ4n) is 3.06. The highest BCUT2D eigenvalue weighted by atomic mass is 14.4. The van der Waals surface area contributed by atoms with Gasteiger partial charge in [0.2, 0.25) is 0 Å². The SMILES string of the molecule is CCC(C)C(C)C(C)C1CC(C)C1C. The molecule has 0 saturated heterocycles. The van der Waals surface area contributed by atoms with Crippen LogP contribution < -0.4 is 0 Å². The number of rotatable bonds is 4. The van der Waals surface area contributed by atoms with Crippen molar-refractivity contribution in [3.63, 3.8) is 0 Å². The van der Waals surface area contributed by atoms with Crippen molar-refractivity contribution in [2.75, 3.05) is 0 Å². The molecule has 1 fully saturated rings. The highest BCUT2D eigenvalue weighted by Crippen LogP contribution is 2.47. The third-order valence-electron chi connectivity index (χ3n) is 5.26. The summed E-state index contributed by atoms with van der Waals surface area (Å²) in [5.74, 6) is 5.68. The second kappa shape index (κ2) is 4.68. The summed E-state index contributed by atoms with van der Waals surface area (Å²) in [7, 11) is 0. The van der Waals surface area contributed by atoms with Crippen molar-refractivity contribution in [2.24, 2.45) is 35.5 Å². The van der Waals surface area contributed by atoms with Crippen LogP contribution in [0, 0.1) is 35.5 Å². The van der Waals surface area contributed by atoms with E-state index in [0.717, 1.165) is 35.5 Å². The summed E-state index contributed by atoms with van der Waals surface area (Å²) in [5.41, 5.74) is 0. The highest BCUT2D eigenvalue weighted by molar-refractivity contribution is 4.89. The molecular weight excluding hydrogens is 168 g/mol. The Labute approximate surface area is 90.5 Å². The van der Waals surface area contributed by atoms with E-state index >= 15 is 0 Å². The van der Waals surface area contributed by atoms with E-state index in [9.17, 15) is 0 Å². The van der Waals surface area contributed by atoms with E-state index in [2.05, 4.69) is 41.5 Å². The molecule has 0 heterocycles. The Morgan fingerprint density at radius 1 is 1.14 bits per heavy atom. The summed E-state index contributed by atoms with van der Waals surface area (Å²) in [5, 5.41) is 0. The fraction of sp³-hybridized carbons (Fsp3) is 1.00. The molecule has 0 radical (unpaired) electrons. The second-order valence-electron chi connectivity index (χ2n) is 5.84. The second-order valence-corrected chi connectivity index (χ2v) is 5.84. The Balaban J connectivity index is 2.45. The van der Waals surface area contributed by atoms with Gasteiger partial charge in [0.25, 0.3) is 0 Å². The van der Waals surface area contributed by atoms with Crippen LogP contribution in [0.3, 0.4) is 0 Å². The van der Waals surface area contributed by atoms with Crippen LogP contribution in [0.1, 0.15) is 54.4 Å². The minimum atomic E-state index is 0.896. The largest absolute Gasteiger partial charge is 0.0651 e. The predicted octanol–water partition coefficient (Wildman–Crippen LogP) is 4.60. The third kappa shape index (κ3) is 2.15. The molecule has 84 valence electrons. The van der Waals surface area contributed by atoms with Crippen LogP contribution in [0.15, 0.2) is 0 Å². The van der Waals surface area contributed by atoms with Crippen molar-refractivity contribution in [1.29, 1.82) is 0 Å². The first-order valence-corrected chi connectivity index (χ1v) is 6.49. The molecule has 0 amide bonds. The minimum absolute atomic E-state index is 0.896. The molecule has 0 nitrogen and oxygen atoms in total. The summed E-state index contributed by atoms with van der Waals surface area (Å²) in [4.78, 5) is 0. The normalized spacial score (nSPS) is 38.6. The first kappa shape index (κ1) is 12.1.